The first-order valence-corrected chi connectivity index (χ1v) is 18.9. The maximum atomic E-state index is 12.5. The van der Waals surface area contributed by atoms with E-state index in [-0.39, 0.29) is 11.6 Å². The number of hydrogen-bond acceptors (Lipinski definition) is 17. The fraction of sp³-hybridized carbons (Fsp3) is 0.750. The molecular formula is C32H52O17Si. The Morgan fingerprint density at radius 3 is 0.820 bits per heavy atom. The fourth-order valence-corrected chi connectivity index (χ4v) is 4.49. The van der Waals surface area contributed by atoms with Crippen molar-refractivity contribution in [2.45, 2.75) is 150 Å². The fourth-order valence-electron chi connectivity index (χ4n) is 3.15. The Hall–Kier alpha value is -4.06. The topological polar surface area (TPSA) is 220 Å². The van der Waals surface area contributed by atoms with Gasteiger partial charge in [-0.2, -0.15) is 0 Å². The van der Waals surface area contributed by atoms with Crippen LogP contribution in [0.25, 0.3) is 0 Å². The molecule has 0 aliphatic carbocycles. The van der Waals surface area contributed by atoms with Crippen molar-refractivity contribution in [2.24, 2.45) is 0 Å². The lowest BCUT2D eigenvalue weighted by molar-refractivity contribution is -0.189. The lowest BCUT2D eigenvalue weighted by Gasteiger charge is -2.37. The van der Waals surface area contributed by atoms with Crippen molar-refractivity contribution >= 4 is 56.1 Å². The zero-order valence-corrected chi connectivity index (χ0v) is 32.3. The van der Waals surface area contributed by atoms with Gasteiger partial charge in [0.1, 0.15) is 6.10 Å². The van der Waals surface area contributed by atoms with Crippen LogP contribution in [-0.2, 0) is 80.7 Å². The van der Waals surface area contributed by atoms with Crippen LogP contribution in [0.1, 0.15) is 83.1 Å². The average molecular weight is 737 g/mol. The summed E-state index contributed by atoms with van der Waals surface area (Å²) in [5.74, 6) is -8.34. The maximum absolute atomic E-state index is 12.5. The van der Waals surface area contributed by atoms with Gasteiger partial charge in [0.25, 0.3) is 0 Å². The largest absolute Gasteiger partial charge is 0.463 e. The van der Waals surface area contributed by atoms with Gasteiger partial charge in [-0.15, -0.1) is 0 Å². The Morgan fingerprint density at radius 2 is 0.620 bits per heavy atom. The number of esters is 8. The molecule has 0 aliphatic heterocycles. The van der Waals surface area contributed by atoms with Crippen molar-refractivity contribution in [2.75, 3.05) is 6.61 Å². The first kappa shape index (κ1) is 45.9. The standard InChI is InChI=1S/C32H52O17Si/c1-15-41-24(33)16(2)42-25(34)17(3)43-26(35)18(4)44-27(36)19(5)45-28(37)20(6)46-29(38)21(7)47-30(39)22(8)48-31(40)23(9)49-50(13,14)32(10,11)12/h16-23H,15H2,1-14H3/t16-,17-,18-,19-,20-,21-,22-,23+/m0/s1. The predicted molar refractivity (Wildman–Crippen MR) is 173 cm³/mol. The molecule has 0 aliphatic rings. The molecule has 0 saturated heterocycles. The third-order valence-corrected chi connectivity index (χ3v) is 11.8. The van der Waals surface area contributed by atoms with E-state index in [0.29, 0.717) is 0 Å². The second kappa shape index (κ2) is 20.0. The summed E-state index contributed by atoms with van der Waals surface area (Å²) in [7, 11) is -2.31. The first-order valence-electron chi connectivity index (χ1n) is 16.0. The van der Waals surface area contributed by atoms with Gasteiger partial charge in [0.15, 0.2) is 51.0 Å². The monoisotopic (exact) mass is 736 g/mol. The summed E-state index contributed by atoms with van der Waals surface area (Å²) < 4.78 is 45.5. The van der Waals surface area contributed by atoms with Gasteiger partial charge in [0.2, 0.25) is 0 Å². The summed E-state index contributed by atoms with van der Waals surface area (Å²) in [5.41, 5.74) is 0. The van der Waals surface area contributed by atoms with Crippen molar-refractivity contribution in [1.82, 2.24) is 0 Å². The van der Waals surface area contributed by atoms with E-state index in [1.807, 2.05) is 33.9 Å². The van der Waals surface area contributed by atoms with Crippen molar-refractivity contribution in [3.63, 3.8) is 0 Å². The Balaban J connectivity index is 4.88. The van der Waals surface area contributed by atoms with E-state index in [2.05, 4.69) is 0 Å². The molecule has 8 atom stereocenters. The van der Waals surface area contributed by atoms with E-state index < -0.39 is 105 Å². The van der Waals surface area contributed by atoms with Crippen molar-refractivity contribution in [3.8, 4) is 0 Å². The van der Waals surface area contributed by atoms with Gasteiger partial charge in [0, 0.05) is 0 Å². The predicted octanol–water partition coefficient (Wildman–Crippen LogP) is 2.48. The van der Waals surface area contributed by atoms with E-state index in [0.717, 1.165) is 27.7 Å². The molecule has 0 amide bonds. The highest BCUT2D eigenvalue weighted by Gasteiger charge is 2.40. The van der Waals surface area contributed by atoms with Crippen LogP contribution in [0.2, 0.25) is 18.1 Å². The molecule has 0 aromatic rings. The lowest BCUT2D eigenvalue weighted by Crippen LogP contribution is -2.46. The Bertz CT molecular complexity index is 1240. The molecule has 0 aromatic carbocycles. The molecule has 0 radical (unpaired) electrons. The smallest absolute Gasteiger partial charge is 0.347 e. The molecule has 50 heavy (non-hydrogen) atoms. The summed E-state index contributed by atoms with van der Waals surface area (Å²) in [4.78, 5) is 98.3. The molecule has 0 fully saturated rings. The molecule has 0 aromatic heterocycles. The molecular weight excluding hydrogens is 684 g/mol. The molecule has 0 N–H and O–H groups in total. The van der Waals surface area contributed by atoms with E-state index in [9.17, 15) is 38.4 Å². The number of ether oxygens (including phenoxy) is 8. The zero-order chi connectivity index (χ0) is 39.3. The van der Waals surface area contributed by atoms with Gasteiger partial charge in [0.05, 0.1) is 6.61 Å². The normalized spacial score (nSPS) is 16.4. The van der Waals surface area contributed by atoms with Gasteiger partial charge >= 0.3 is 47.8 Å². The Labute approximate surface area is 293 Å². The van der Waals surface area contributed by atoms with Crippen molar-refractivity contribution < 1.29 is 80.7 Å². The summed E-state index contributed by atoms with van der Waals surface area (Å²) in [6, 6.07) is 0. The van der Waals surface area contributed by atoms with Crippen LogP contribution in [0.5, 0.6) is 0 Å². The number of rotatable bonds is 18. The molecule has 0 bridgehead atoms. The van der Waals surface area contributed by atoms with Gasteiger partial charge in [-0.25, -0.2) is 38.4 Å². The second-order valence-corrected chi connectivity index (χ2v) is 17.6. The minimum atomic E-state index is -2.31. The van der Waals surface area contributed by atoms with Crippen LogP contribution >= 0.6 is 0 Å². The summed E-state index contributed by atoms with van der Waals surface area (Å²) in [6.07, 6.45) is -11.3. The summed E-state index contributed by atoms with van der Waals surface area (Å²) in [6.45, 7) is 21.3. The average Bonchev–Trinajstić information content (AvgIpc) is 2.99. The third-order valence-electron chi connectivity index (χ3n) is 7.27. The second-order valence-electron chi connectivity index (χ2n) is 12.8. The van der Waals surface area contributed by atoms with Crippen LogP contribution < -0.4 is 0 Å². The molecule has 18 heteroatoms. The highest BCUT2D eigenvalue weighted by molar-refractivity contribution is 6.74. The van der Waals surface area contributed by atoms with E-state index in [1.165, 1.54) is 27.7 Å². The lowest BCUT2D eigenvalue weighted by atomic mass is 10.2. The molecule has 0 unspecified atom stereocenters. The van der Waals surface area contributed by atoms with Gasteiger partial charge in [-0.05, 0) is 80.4 Å². The molecule has 0 spiro atoms. The van der Waals surface area contributed by atoms with Crippen LogP contribution in [0.3, 0.4) is 0 Å². The summed E-state index contributed by atoms with van der Waals surface area (Å²) >= 11 is 0. The minimum absolute atomic E-state index is 0.0670. The molecule has 286 valence electrons. The van der Waals surface area contributed by atoms with E-state index >= 15 is 0 Å². The van der Waals surface area contributed by atoms with Gasteiger partial charge in [-0.3, -0.25) is 0 Å². The highest BCUT2D eigenvalue weighted by atomic mass is 28.4. The number of carbonyl (C=O) groups is 8. The molecule has 17 nitrogen and oxygen atoms in total. The van der Waals surface area contributed by atoms with Crippen LogP contribution in [0.15, 0.2) is 0 Å². The molecule has 0 saturated carbocycles. The minimum Gasteiger partial charge on any atom is -0.463 e. The van der Waals surface area contributed by atoms with Crippen LogP contribution in [-0.4, -0.2) is 112 Å². The van der Waals surface area contributed by atoms with E-state index in [1.54, 1.807) is 6.92 Å². The summed E-state index contributed by atoms with van der Waals surface area (Å²) in [5, 5.41) is -0.172. The van der Waals surface area contributed by atoms with Gasteiger partial charge in [-0.1, -0.05) is 20.8 Å². The number of hydrogen-bond donors (Lipinski definition) is 0. The van der Waals surface area contributed by atoms with Gasteiger partial charge < -0.3 is 42.3 Å². The quantitative estimate of drug-likeness (QED) is 0.112. The van der Waals surface area contributed by atoms with Crippen molar-refractivity contribution in [1.29, 1.82) is 0 Å². The zero-order valence-electron chi connectivity index (χ0n) is 31.3. The Kier molecular flexibility index (Phi) is 18.3. The molecule has 0 rings (SSSR count). The number of carbonyl (C=O) groups excluding carboxylic acids is 8. The first-order chi connectivity index (χ1) is 22.7. The third kappa shape index (κ3) is 15.2. The maximum Gasteiger partial charge on any atom is 0.347 e. The van der Waals surface area contributed by atoms with Crippen LogP contribution in [0.4, 0.5) is 0 Å². The highest BCUT2D eigenvalue weighted by Crippen LogP contribution is 2.37. The van der Waals surface area contributed by atoms with Crippen molar-refractivity contribution in [3.05, 3.63) is 0 Å². The Morgan fingerprint density at radius 1 is 0.420 bits per heavy atom. The molecule has 0 heterocycles. The SMILES string of the molecule is CCOC(=O)[C@H](C)OC(=O)[C@H](C)OC(=O)[C@H](C)OC(=O)[C@H](C)OC(=O)[C@H](C)OC(=O)[C@H](C)OC(=O)[C@H](C)OC(=O)[C@@H](C)O[Si](C)(C)C(C)(C)C. The van der Waals surface area contributed by atoms with E-state index in [4.69, 9.17) is 42.3 Å². The van der Waals surface area contributed by atoms with Crippen LogP contribution in [0, 0.1) is 0 Å².